The van der Waals surface area contributed by atoms with Crippen molar-refractivity contribution in [2.45, 2.75) is 44.3 Å². The van der Waals surface area contributed by atoms with Crippen molar-refractivity contribution in [2.75, 3.05) is 39.9 Å². The Kier molecular flexibility index (Phi) is 5.79. The summed E-state index contributed by atoms with van der Waals surface area (Å²) in [5, 5.41) is 5.70. The normalized spacial score (nSPS) is 26.0. The van der Waals surface area contributed by atoms with Gasteiger partial charge in [-0.1, -0.05) is 19.9 Å². The minimum Gasteiger partial charge on any atom is -0.375 e. The second-order valence-corrected chi connectivity index (χ2v) is 8.12. The SMILES string of the molecule is CN=C(NCC(C)(C)c1cccs1)N1CCOC(C2CCCO2)C1. The highest BCUT2D eigenvalue weighted by Crippen LogP contribution is 2.27. The third kappa shape index (κ3) is 4.10. The first kappa shape index (κ1) is 17.7. The monoisotopic (exact) mass is 351 g/mol. The van der Waals surface area contributed by atoms with Crippen LogP contribution in [0.4, 0.5) is 0 Å². The van der Waals surface area contributed by atoms with Crippen molar-refractivity contribution in [3.63, 3.8) is 0 Å². The molecule has 1 aromatic heterocycles. The van der Waals surface area contributed by atoms with E-state index in [1.54, 1.807) is 0 Å². The predicted molar refractivity (Wildman–Crippen MR) is 99.0 cm³/mol. The maximum Gasteiger partial charge on any atom is 0.193 e. The van der Waals surface area contributed by atoms with E-state index < -0.39 is 0 Å². The van der Waals surface area contributed by atoms with Crippen molar-refractivity contribution in [2.24, 2.45) is 4.99 Å². The molecule has 5 nitrogen and oxygen atoms in total. The first-order chi connectivity index (χ1) is 11.6. The molecule has 2 fully saturated rings. The number of thiophene rings is 1. The number of rotatable bonds is 4. The number of hydrogen-bond acceptors (Lipinski definition) is 4. The average Bonchev–Trinajstić information content (AvgIpc) is 3.29. The summed E-state index contributed by atoms with van der Waals surface area (Å²) in [5.41, 5.74) is 0.0877. The van der Waals surface area contributed by atoms with Crippen LogP contribution in [0.3, 0.4) is 0 Å². The van der Waals surface area contributed by atoms with Crippen LogP contribution >= 0.6 is 11.3 Å². The van der Waals surface area contributed by atoms with E-state index in [0.29, 0.717) is 0 Å². The lowest BCUT2D eigenvalue weighted by Crippen LogP contribution is -2.54. The van der Waals surface area contributed by atoms with Gasteiger partial charge in [0.25, 0.3) is 0 Å². The van der Waals surface area contributed by atoms with E-state index in [4.69, 9.17) is 9.47 Å². The standard InChI is InChI=1S/C18H29N3O2S/c1-18(2,16-7-5-11-24-16)13-20-17(19-3)21-8-10-23-15(12-21)14-6-4-9-22-14/h5,7,11,14-15H,4,6,8-10,12-13H2,1-3H3,(H,19,20). The lowest BCUT2D eigenvalue weighted by atomic mass is 9.91. The first-order valence-corrected chi connectivity index (χ1v) is 9.71. The van der Waals surface area contributed by atoms with E-state index >= 15 is 0 Å². The van der Waals surface area contributed by atoms with Crippen LogP contribution in [0.25, 0.3) is 0 Å². The molecule has 0 aliphatic carbocycles. The Morgan fingerprint density at radius 3 is 2.88 bits per heavy atom. The summed E-state index contributed by atoms with van der Waals surface area (Å²) >= 11 is 1.81. The molecule has 2 aliphatic heterocycles. The molecule has 2 unspecified atom stereocenters. The highest BCUT2D eigenvalue weighted by Gasteiger charge is 2.32. The highest BCUT2D eigenvalue weighted by molar-refractivity contribution is 7.10. The number of aliphatic imine (C=N–C) groups is 1. The van der Waals surface area contributed by atoms with Crippen LogP contribution in [0, 0.1) is 0 Å². The zero-order valence-corrected chi connectivity index (χ0v) is 15.8. The number of ether oxygens (including phenoxy) is 2. The van der Waals surface area contributed by atoms with Gasteiger partial charge in [0.1, 0.15) is 6.10 Å². The predicted octanol–water partition coefficient (Wildman–Crippen LogP) is 2.48. The van der Waals surface area contributed by atoms with Crippen molar-refractivity contribution in [1.82, 2.24) is 10.2 Å². The Morgan fingerprint density at radius 1 is 1.38 bits per heavy atom. The molecule has 2 aliphatic rings. The van der Waals surface area contributed by atoms with Gasteiger partial charge < -0.3 is 19.7 Å². The molecule has 0 amide bonds. The van der Waals surface area contributed by atoms with Crippen LogP contribution in [0.1, 0.15) is 31.6 Å². The maximum atomic E-state index is 5.94. The average molecular weight is 352 g/mol. The Hall–Kier alpha value is -1.11. The Morgan fingerprint density at radius 2 is 2.21 bits per heavy atom. The van der Waals surface area contributed by atoms with Crippen LogP contribution in [0.2, 0.25) is 0 Å². The largest absolute Gasteiger partial charge is 0.375 e. The fourth-order valence-electron chi connectivity index (χ4n) is 3.37. The minimum atomic E-state index is 0.0877. The van der Waals surface area contributed by atoms with E-state index in [1.165, 1.54) is 4.88 Å². The van der Waals surface area contributed by atoms with Gasteiger partial charge in [-0.05, 0) is 24.3 Å². The van der Waals surface area contributed by atoms with Crippen molar-refractivity contribution in [3.8, 4) is 0 Å². The van der Waals surface area contributed by atoms with Gasteiger partial charge in [0.05, 0.1) is 12.7 Å². The van der Waals surface area contributed by atoms with Crippen LogP contribution in [-0.4, -0.2) is 63.0 Å². The number of nitrogens with one attached hydrogen (secondary N) is 1. The summed E-state index contributed by atoms with van der Waals surface area (Å²) < 4.78 is 11.8. The summed E-state index contributed by atoms with van der Waals surface area (Å²) in [5.74, 6) is 0.964. The van der Waals surface area contributed by atoms with Crippen molar-refractivity contribution < 1.29 is 9.47 Å². The summed E-state index contributed by atoms with van der Waals surface area (Å²) in [4.78, 5) is 8.19. The van der Waals surface area contributed by atoms with Crippen LogP contribution < -0.4 is 5.32 Å². The Balaban J connectivity index is 1.57. The molecule has 0 aromatic carbocycles. The van der Waals surface area contributed by atoms with Crippen molar-refractivity contribution in [1.29, 1.82) is 0 Å². The van der Waals surface area contributed by atoms with E-state index in [0.717, 1.165) is 51.6 Å². The third-order valence-corrected chi connectivity index (χ3v) is 6.10. The molecule has 0 radical (unpaired) electrons. The summed E-state index contributed by atoms with van der Waals surface area (Å²) in [6, 6.07) is 4.32. The lowest BCUT2D eigenvalue weighted by Gasteiger charge is -2.38. The molecule has 6 heteroatoms. The molecule has 3 heterocycles. The molecule has 3 rings (SSSR count). The highest BCUT2D eigenvalue weighted by atomic mass is 32.1. The van der Waals surface area contributed by atoms with Gasteiger partial charge in [0.15, 0.2) is 5.96 Å². The molecule has 2 atom stereocenters. The zero-order chi connectivity index (χ0) is 17.0. The van der Waals surface area contributed by atoms with Gasteiger partial charge in [-0.15, -0.1) is 11.3 Å². The first-order valence-electron chi connectivity index (χ1n) is 8.83. The van der Waals surface area contributed by atoms with Gasteiger partial charge in [0.2, 0.25) is 0 Å². The van der Waals surface area contributed by atoms with E-state index in [2.05, 4.69) is 46.6 Å². The van der Waals surface area contributed by atoms with Gasteiger partial charge >= 0.3 is 0 Å². The van der Waals surface area contributed by atoms with Gasteiger partial charge in [-0.25, -0.2) is 0 Å². The van der Waals surface area contributed by atoms with Gasteiger partial charge in [-0.2, -0.15) is 0 Å². The number of hydrogen-bond donors (Lipinski definition) is 1. The summed E-state index contributed by atoms with van der Waals surface area (Å²) in [7, 11) is 1.86. The summed E-state index contributed by atoms with van der Waals surface area (Å²) in [6.45, 7) is 8.74. The molecule has 24 heavy (non-hydrogen) atoms. The van der Waals surface area contributed by atoms with Crippen molar-refractivity contribution in [3.05, 3.63) is 22.4 Å². The van der Waals surface area contributed by atoms with Crippen molar-refractivity contribution >= 4 is 17.3 Å². The molecule has 0 spiro atoms. The molecule has 1 aromatic rings. The van der Waals surface area contributed by atoms with Gasteiger partial charge in [-0.3, -0.25) is 4.99 Å². The molecule has 0 saturated carbocycles. The summed E-state index contributed by atoms with van der Waals surface area (Å²) in [6.07, 6.45) is 2.65. The quantitative estimate of drug-likeness (QED) is 0.669. The van der Waals surface area contributed by atoms with Gasteiger partial charge in [0, 0.05) is 43.6 Å². The minimum absolute atomic E-state index is 0.0877. The molecule has 2 saturated heterocycles. The number of guanidine groups is 1. The fraction of sp³-hybridized carbons (Fsp3) is 0.722. The molecular weight excluding hydrogens is 322 g/mol. The smallest absolute Gasteiger partial charge is 0.193 e. The Bertz CT molecular complexity index is 538. The van der Waals surface area contributed by atoms with E-state index in [9.17, 15) is 0 Å². The zero-order valence-electron chi connectivity index (χ0n) is 15.0. The molecule has 0 bridgehead atoms. The second-order valence-electron chi connectivity index (χ2n) is 7.17. The molecule has 134 valence electrons. The maximum absolute atomic E-state index is 5.94. The van der Waals surface area contributed by atoms with E-state index in [1.807, 2.05) is 18.4 Å². The molecule has 1 N–H and O–H groups in total. The fourth-order valence-corrected chi connectivity index (χ4v) is 4.22. The third-order valence-electron chi connectivity index (χ3n) is 4.86. The Labute approximate surface area is 149 Å². The van der Waals surface area contributed by atoms with Crippen LogP contribution in [0.15, 0.2) is 22.5 Å². The van der Waals surface area contributed by atoms with Crippen LogP contribution in [-0.2, 0) is 14.9 Å². The number of morpholine rings is 1. The number of nitrogens with zero attached hydrogens (tertiary/aromatic N) is 2. The van der Waals surface area contributed by atoms with E-state index in [-0.39, 0.29) is 17.6 Å². The second kappa shape index (κ2) is 7.85. The lowest BCUT2D eigenvalue weighted by molar-refractivity contribution is -0.0817. The topological polar surface area (TPSA) is 46.1 Å². The van der Waals surface area contributed by atoms with Crippen LogP contribution in [0.5, 0.6) is 0 Å². The molecular formula is C18H29N3O2S.